The first-order valence-electron chi connectivity index (χ1n) is 10.1. The largest absolute Gasteiger partial charge is 0.494 e. The molecule has 1 heterocycles. The second-order valence-electron chi connectivity index (χ2n) is 7.81. The van der Waals surface area contributed by atoms with Gasteiger partial charge in [-0.25, -0.2) is 4.79 Å². The standard InChI is InChI=1S/C21H31N3O6/c1-5-28-16-6-8-17(9-7-16)29-15-19(26)24-12-10-23(11-13-24)18(25)14-22-20(27)30-21(2,3)4/h6-9H,5,10-15H2,1-4H3,(H,22,27). The Kier molecular flexibility index (Phi) is 8.32. The molecule has 1 N–H and O–H groups in total. The molecule has 0 spiro atoms. The molecule has 30 heavy (non-hydrogen) atoms. The summed E-state index contributed by atoms with van der Waals surface area (Å²) in [6.07, 6.45) is -0.629. The van der Waals surface area contributed by atoms with Crippen LogP contribution < -0.4 is 14.8 Å². The minimum atomic E-state index is -0.629. The summed E-state index contributed by atoms with van der Waals surface area (Å²) in [4.78, 5) is 39.5. The van der Waals surface area contributed by atoms with Gasteiger partial charge in [0.25, 0.3) is 5.91 Å². The molecule has 1 aliphatic rings. The van der Waals surface area contributed by atoms with Crippen LogP contribution in [-0.2, 0) is 14.3 Å². The second kappa shape index (κ2) is 10.7. The number of amides is 3. The number of carbonyl (C=O) groups is 3. The summed E-state index contributed by atoms with van der Waals surface area (Å²) in [5.74, 6) is 0.994. The summed E-state index contributed by atoms with van der Waals surface area (Å²) in [6.45, 7) is 9.21. The van der Waals surface area contributed by atoms with Gasteiger partial charge in [0.1, 0.15) is 23.6 Å². The fourth-order valence-electron chi connectivity index (χ4n) is 2.81. The molecule has 0 atom stereocenters. The Labute approximate surface area is 177 Å². The van der Waals surface area contributed by atoms with Crippen LogP contribution in [0.5, 0.6) is 11.5 Å². The molecule has 1 saturated heterocycles. The molecule has 0 saturated carbocycles. The van der Waals surface area contributed by atoms with E-state index in [2.05, 4.69) is 5.32 Å². The van der Waals surface area contributed by atoms with Gasteiger partial charge in [-0.05, 0) is 52.0 Å². The van der Waals surface area contributed by atoms with Crippen molar-refractivity contribution in [2.45, 2.75) is 33.3 Å². The number of benzene rings is 1. The van der Waals surface area contributed by atoms with Gasteiger partial charge >= 0.3 is 6.09 Å². The second-order valence-corrected chi connectivity index (χ2v) is 7.81. The maximum absolute atomic E-state index is 12.4. The Balaban J connectivity index is 1.69. The van der Waals surface area contributed by atoms with Crippen molar-refractivity contribution in [2.24, 2.45) is 0 Å². The molecule has 0 aliphatic carbocycles. The zero-order valence-corrected chi connectivity index (χ0v) is 18.1. The van der Waals surface area contributed by atoms with Crippen LogP contribution in [0.25, 0.3) is 0 Å². The van der Waals surface area contributed by atoms with Crippen molar-refractivity contribution < 1.29 is 28.6 Å². The van der Waals surface area contributed by atoms with Crippen LogP contribution in [0.15, 0.2) is 24.3 Å². The van der Waals surface area contributed by atoms with E-state index in [1.807, 2.05) is 6.92 Å². The van der Waals surface area contributed by atoms with Gasteiger partial charge < -0.3 is 29.3 Å². The molecule has 1 aromatic rings. The van der Waals surface area contributed by atoms with Gasteiger partial charge in [-0.3, -0.25) is 9.59 Å². The molecule has 166 valence electrons. The van der Waals surface area contributed by atoms with E-state index in [0.717, 1.165) is 5.75 Å². The Morgan fingerprint density at radius 3 is 1.90 bits per heavy atom. The predicted octanol–water partition coefficient (Wildman–Crippen LogP) is 1.66. The summed E-state index contributed by atoms with van der Waals surface area (Å²) in [5.41, 5.74) is -0.619. The topological polar surface area (TPSA) is 97.4 Å². The third-order valence-corrected chi connectivity index (χ3v) is 4.26. The quantitative estimate of drug-likeness (QED) is 0.719. The summed E-state index contributed by atoms with van der Waals surface area (Å²) in [6, 6.07) is 7.09. The van der Waals surface area contributed by atoms with Crippen molar-refractivity contribution in [3.63, 3.8) is 0 Å². The van der Waals surface area contributed by atoms with Gasteiger partial charge in [0.05, 0.1) is 6.61 Å². The highest BCUT2D eigenvalue weighted by molar-refractivity contribution is 5.83. The highest BCUT2D eigenvalue weighted by atomic mass is 16.6. The number of hydrogen-bond acceptors (Lipinski definition) is 6. The van der Waals surface area contributed by atoms with Crippen LogP contribution in [0.2, 0.25) is 0 Å². The lowest BCUT2D eigenvalue weighted by Crippen LogP contribution is -2.53. The third-order valence-electron chi connectivity index (χ3n) is 4.26. The van der Waals surface area contributed by atoms with Gasteiger partial charge in [0, 0.05) is 26.2 Å². The van der Waals surface area contributed by atoms with Gasteiger partial charge in [-0.1, -0.05) is 0 Å². The van der Waals surface area contributed by atoms with Crippen molar-refractivity contribution in [1.29, 1.82) is 0 Å². The van der Waals surface area contributed by atoms with Crippen LogP contribution in [0.1, 0.15) is 27.7 Å². The molecule has 0 radical (unpaired) electrons. The first-order chi connectivity index (χ1) is 14.2. The van der Waals surface area contributed by atoms with E-state index in [9.17, 15) is 14.4 Å². The first-order valence-corrected chi connectivity index (χ1v) is 10.1. The highest BCUT2D eigenvalue weighted by Gasteiger charge is 2.25. The zero-order chi connectivity index (χ0) is 22.1. The van der Waals surface area contributed by atoms with E-state index in [0.29, 0.717) is 38.5 Å². The van der Waals surface area contributed by atoms with E-state index in [-0.39, 0.29) is 25.0 Å². The average molecular weight is 421 g/mol. The number of carbonyl (C=O) groups excluding carboxylic acids is 3. The molecule has 3 amide bonds. The molecule has 1 fully saturated rings. The summed E-state index contributed by atoms with van der Waals surface area (Å²) in [7, 11) is 0. The van der Waals surface area contributed by atoms with Crippen LogP contribution >= 0.6 is 0 Å². The van der Waals surface area contributed by atoms with Crippen LogP contribution in [-0.4, -0.2) is 79.2 Å². The van der Waals surface area contributed by atoms with E-state index in [4.69, 9.17) is 14.2 Å². The molecule has 0 bridgehead atoms. The number of rotatable bonds is 7. The molecule has 9 heteroatoms. The van der Waals surface area contributed by atoms with Gasteiger partial charge in [-0.15, -0.1) is 0 Å². The smallest absolute Gasteiger partial charge is 0.408 e. The van der Waals surface area contributed by atoms with Crippen molar-refractivity contribution in [3.05, 3.63) is 24.3 Å². The lowest BCUT2D eigenvalue weighted by Gasteiger charge is -2.34. The van der Waals surface area contributed by atoms with E-state index < -0.39 is 11.7 Å². The molecular formula is C21H31N3O6. The minimum absolute atomic E-state index is 0.0673. The molecule has 9 nitrogen and oxygen atoms in total. The van der Waals surface area contributed by atoms with E-state index in [1.165, 1.54) is 0 Å². The molecule has 0 unspecified atom stereocenters. The van der Waals surface area contributed by atoms with Crippen LogP contribution in [0.3, 0.4) is 0 Å². The monoisotopic (exact) mass is 421 g/mol. The van der Waals surface area contributed by atoms with Crippen molar-refractivity contribution in [2.75, 3.05) is 45.9 Å². The van der Waals surface area contributed by atoms with E-state index >= 15 is 0 Å². The predicted molar refractivity (Wildman–Crippen MR) is 111 cm³/mol. The molecule has 1 aromatic carbocycles. The lowest BCUT2D eigenvalue weighted by molar-refractivity contribution is -0.140. The van der Waals surface area contributed by atoms with Crippen molar-refractivity contribution in [3.8, 4) is 11.5 Å². The minimum Gasteiger partial charge on any atom is -0.494 e. The van der Waals surface area contributed by atoms with Gasteiger partial charge in [-0.2, -0.15) is 0 Å². The number of nitrogens with one attached hydrogen (secondary N) is 1. The summed E-state index contributed by atoms with van der Waals surface area (Å²) >= 11 is 0. The molecule has 2 rings (SSSR count). The highest BCUT2D eigenvalue weighted by Crippen LogP contribution is 2.17. The van der Waals surface area contributed by atoms with E-state index in [1.54, 1.807) is 54.8 Å². The molecule has 1 aliphatic heterocycles. The fourth-order valence-corrected chi connectivity index (χ4v) is 2.81. The Bertz CT molecular complexity index is 721. The maximum atomic E-state index is 12.4. The lowest BCUT2D eigenvalue weighted by atomic mass is 10.2. The van der Waals surface area contributed by atoms with Crippen LogP contribution in [0.4, 0.5) is 4.79 Å². The average Bonchev–Trinajstić information content (AvgIpc) is 2.70. The third kappa shape index (κ3) is 7.81. The molecular weight excluding hydrogens is 390 g/mol. The zero-order valence-electron chi connectivity index (χ0n) is 18.1. The molecule has 0 aromatic heterocycles. The Morgan fingerprint density at radius 2 is 1.40 bits per heavy atom. The van der Waals surface area contributed by atoms with Gasteiger partial charge in [0.2, 0.25) is 5.91 Å². The van der Waals surface area contributed by atoms with Gasteiger partial charge in [0.15, 0.2) is 6.61 Å². The Hall–Kier alpha value is -2.97. The maximum Gasteiger partial charge on any atom is 0.408 e. The normalized spacial score (nSPS) is 14.1. The number of alkyl carbamates (subject to hydrolysis) is 1. The van der Waals surface area contributed by atoms with Crippen LogP contribution in [0, 0.1) is 0 Å². The number of piperazine rings is 1. The summed E-state index contributed by atoms with van der Waals surface area (Å²) < 4.78 is 16.0. The fraction of sp³-hybridized carbons (Fsp3) is 0.571. The van der Waals surface area contributed by atoms with Crippen molar-refractivity contribution >= 4 is 17.9 Å². The summed E-state index contributed by atoms with van der Waals surface area (Å²) in [5, 5.41) is 2.46. The van der Waals surface area contributed by atoms with Crippen molar-refractivity contribution in [1.82, 2.24) is 15.1 Å². The Morgan fingerprint density at radius 1 is 0.900 bits per heavy atom. The first kappa shape index (κ1) is 23.3. The number of hydrogen-bond donors (Lipinski definition) is 1. The number of nitrogens with zero attached hydrogens (tertiary/aromatic N) is 2. The SMILES string of the molecule is CCOc1ccc(OCC(=O)N2CCN(C(=O)CNC(=O)OC(C)(C)C)CC2)cc1. The number of ether oxygens (including phenoxy) is 3.